The molecule has 3 aromatic rings. The minimum absolute atomic E-state index is 0.0340. The molecule has 0 aliphatic carbocycles. The Morgan fingerprint density at radius 2 is 2.06 bits per heavy atom. The molecule has 1 aromatic carbocycles. The first-order chi connectivity index (χ1) is 14.9. The van der Waals surface area contributed by atoms with Crippen molar-refractivity contribution >= 4 is 34.2 Å². The second-order valence-electron chi connectivity index (χ2n) is 7.71. The zero-order valence-corrected chi connectivity index (χ0v) is 17.9. The van der Waals surface area contributed by atoms with Crippen molar-refractivity contribution in [3.05, 3.63) is 56.9 Å². The first-order valence-corrected chi connectivity index (χ1v) is 10.3. The fourth-order valence-corrected chi connectivity index (χ4v) is 3.74. The number of ketones is 1. The number of quaternary nitrogens is 1. The SMILES string of the molecule is Cc1ccc2nc([C@H](C#N)C(=O)c3nc(N4CC[NH+](C)CC4)ncc3Cl)[nH]c(=O)c2c1. The molecule has 1 atom stereocenters. The average Bonchev–Trinajstić information content (AvgIpc) is 2.76. The Labute approximate surface area is 183 Å². The van der Waals surface area contributed by atoms with Crippen molar-refractivity contribution in [2.24, 2.45) is 0 Å². The lowest BCUT2D eigenvalue weighted by Gasteiger charge is -2.30. The van der Waals surface area contributed by atoms with E-state index < -0.39 is 17.3 Å². The number of nitriles is 1. The molecule has 1 fully saturated rings. The summed E-state index contributed by atoms with van der Waals surface area (Å²) in [6.07, 6.45) is 1.37. The van der Waals surface area contributed by atoms with E-state index in [1.807, 2.05) is 24.0 Å². The largest absolute Gasteiger partial charge is 0.334 e. The van der Waals surface area contributed by atoms with E-state index in [1.54, 1.807) is 12.1 Å². The lowest BCUT2D eigenvalue weighted by molar-refractivity contribution is -0.880. The number of fused-ring (bicyclic) bond motifs is 1. The van der Waals surface area contributed by atoms with E-state index in [0.717, 1.165) is 31.7 Å². The van der Waals surface area contributed by atoms with Crippen molar-refractivity contribution in [1.82, 2.24) is 19.9 Å². The van der Waals surface area contributed by atoms with Crippen molar-refractivity contribution in [3.63, 3.8) is 0 Å². The Balaban J connectivity index is 1.70. The van der Waals surface area contributed by atoms with E-state index in [-0.39, 0.29) is 16.5 Å². The fourth-order valence-electron chi connectivity index (χ4n) is 3.56. The van der Waals surface area contributed by atoms with Gasteiger partial charge in [0.1, 0.15) is 11.5 Å². The highest BCUT2D eigenvalue weighted by Crippen LogP contribution is 2.24. The zero-order valence-electron chi connectivity index (χ0n) is 17.1. The quantitative estimate of drug-likeness (QED) is 0.569. The maximum atomic E-state index is 13.2. The number of benzene rings is 1. The number of carbonyl (C=O) groups is 1. The van der Waals surface area contributed by atoms with Crippen molar-refractivity contribution < 1.29 is 9.69 Å². The van der Waals surface area contributed by atoms with E-state index >= 15 is 0 Å². The number of rotatable bonds is 4. The number of hydrogen-bond donors (Lipinski definition) is 2. The summed E-state index contributed by atoms with van der Waals surface area (Å²) >= 11 is 6.22. The predicted octanol–water partition coefficient (Wildman–Crippen LogP) is 0.500. The number of piperazine rings is 1. The summed E-state index contributed by atoms with van der Waals surface area (Å²) in [4.78, 5) is 44.6. The normalized spacial score (nSPS) is 15.6. The Bertz CT molecular complexity index is 1260. The van der Waals surface area contributed by atoms with Crippen LogP contribution in [-0.2, 0) is 0 Å². The standard InChI is InChI=1S/C21H20ClN7O2/c1-12-3-4-16-13(9-12)20(31)27-19(25-16)14(10-23)18(30)17-15(22)11-24-21(26-17)29-7-5-28(2)6-8-29/h3-4,9,11,14H,5-8H2,1-2H3,(H,25,27,31)/p+1/t14-/m1/s1. The number of halogens is 1. The Hall–Kier alpha value is -3.35. The van der Waals surface area contributed by atoms with E-state index in [1.165, 1.54) is 11.1 Å². The Morgan fingerprint density at radius 1 is 1.32 bits per heavy atom. The van der Waals surface area contributed by atoms with Crippen LogP contribution in [0, 0.1) is 18.3 Å². The lowest BCUT2D eigenvalue weighted by atomic mass is 10.0. The van der Waals surface area contributed by atoms with Gasteiger partial charge in [-0.2, -0.15) is 5.26 Å². The molecule has 3 heterocycles. The van der Waals surface area contributed by atoms with Crippen molar-refractivity contribution in [3.8, 4) is 6.07 Å². The van der Waals surface area contributed by atoms with Crippen LogP contribution in [0.1, 0.15) is 27.8 Å². The highest BCUT2D eigenvalue weighted by Gasteiger charge is 2.29. The van der Waals surface area contributed by atoms with E-state index in [4.69, 9.17) is 11.6 Å². The molecule has 1 saturated heterocycles. The van der Waals surface area contributed by atoms with Gasteiger partial charge in [-0.25, -0.2) is 15.0 Å². The van der Waals surface area contributed by atoms with Crippen molar-refractivity contribution in [1.29, 1.82) is 5.26 Å². The number of likely N-dealkylation sites (N-methyl/N-ethyl adjacent to an activating group) is 1. The van der Waals surface area contributed by atoms with Gasteiger partial charge < -0.3 is 14.8 Å². The van der Waals surface area contributed by atoms with Gasteiger partial charge in [-0.3, -0.25) is 9.59 Å². The van der Waals surface area contributed by atoms with Crippen LogP contribution in [0.2, 0.25) is 5.02 Å². The molecule has 1 aliphatic heterocycles. The fraction of sp³-hybridized carbons (Fsp3) is 0.333. The molecule has 31 heavy (non-hydrogen) atoms. The van der Waals surface area contributed by atoms with E-state index in [0.29, 0.717) is 16.9 Å². The monoisotopic (exact) mass is 438 g/mol. The number of aromatic amines is 1. The van der Waals surface area contributed by atoms with E-state index in [2.05, 4.69) is 27.0 Å². The van der Waals surface area contributed by atoms with Crippen LogP contribution in [0.5, 0.6) is 0 Å². The smallest absolute Gasteiger partial charge is 0.258 e. The van der Waals surface area contributed by atoms with Crippen molar-refractivity contribution in [2.75, 3.05) is 38.1 Å². The Kier molecular flexibility index (Phi) is 5.67. The van der Waals surface area contributed by atoms with Crippen LogP contribution in [0.4, 0.5) is 5.95 Å². The van der Waals surface area contributed by atoms with Crippen LogP contribution < -0.4 is 15.4 Å². The molecule has 4 rings (SSSR count). The first kappa shape index (κ1) is 20.9. The summed E-state index contributed by atoms with van der Waals surface area (Å²) in [6.45, 7) is 5.23. The average molecular weight is 439 g/mol. The van der Waals surface area contributed by atoms with Gasteiger partial charge in [-0.1, -0.05) is 23.2 Å². The number of aromatic nitrogens is 4. The third-order valence-corrected chi connectivity index (χ3v) is 5.69. The van der Waals surface area contributed by atoms with E-state index in [9.17, 15) is 14.9 Å². The Morgan fingerprint density at radius 3 is 2.77 bits per heavy atom. The number of Topliss-reactive ketones (excluding diaryl/α,β-unsaturated/α-hetero) is 1. The summed E-state index contributed by atoms with van der Waals surface area (Å²) < 4.78 is 0. The summed E-state index contributed by atoms with van der Waals surface area (Å²) in [5.74, 6) is -1.62. The molecule has 10 heteroatoms. The summed E-state index contributed by atoms with van der Waals surface area (Å²) in [5.41, 5.74) is 0.848. The zero-order chi connectivity index (χ0) is 22.1. The number of H-pyrrole nitrogens is 1. The minimum Gasteiger partial charge on any atom is -0.334 e. The molecule has 0 radical (unpaired) electrons. The lowest BCUT2D eigenvalue weighted by Crippen LogP contribution is -3.12. The molecule has 0 bridgehead atoms. The van der Waals surface area contributed by atoms with Crippen LogP contribution in [0.25, 0.3) is 10.9 Å². The third kappa shape index (κ3) is 4.13. The second-order valence-corrected chi connectivity index (χ2v) is 8.12. The van der Waals surface area contributed by atoms with Gasteiger partial charge in [-0.05, 0) is 19.1 Å². The molecule has 9 nitrogen and oxygen atoms in total. The number of nitrogens with zero attached hydrogens (tertiary/aromatic N) is 5. The summed E-state index contributed by atoms with van der Waals surface area (Å²) in [5, 5.41) is 10.2. The molecular formula is C21H21ClN7O2+. The highest BCUT2D eigenvalue weighted by molar-refractivity contribution is 6.33. The number of aryl methyl sites for hydroxylation is 1. The van der Waals surface area contributed by atoms with Crippen LogP contribution >= 0.6 is 11.6 Å². The van der Waals surface area contributed by atoms with Crippen LogP contribution in [-0.4, -0.2) is 58.9 Å². The first-order valence-electron chi connectivity index (χ1n) is 9.90. The number of hydrogen-bond acceptors (Lipinski definition) is 7. The molecule has 0 saturated carbocycles. The predicted molar refractivity (Wildman–Crippen MR) is 116 cm³/mol. The molecule has 1 aliphatic rings. The number of anilines is 1. The van der Waals surface area contributed by atoms with Gasteiger partial charge in [0, 0.05) is 0 Å². The van der Waals surface area contributed by atoms with Crippen LogP contribution in [0.3, 0.4) is 0 Å². The summed E-state index contributed by atoms with van der Waals surface area (Å²) in [6, 6.07) is 7.14. The third-order valence-electron chi connectivity index (χ3n) is 5.41. The van der Waals surface area contributed by atoms with Gasteiger partial charge in [0.2, 0.25) is 11.7 Å². The second kappa shape index (κ2) is 8.41. The van der Waals surface area contributed by atoms with Gasteiger partial charge >= 0.3 is 0 Å². The summed E-state index contributed by atoms with van der Waals surface area (Å²) in [7, 11) is 2.12. The maximum Gasteiger partial charge on any atom is 0.258 e. The molecule has 0 amide bonds. The van der Waals surface area contributed by atoms with Crippen LogP contribution in [0.15, 0.2) is 29.2 Å². The van der Waals surface area contributed by atoms with Gasteiger partial charge in [0.25, 0.3) is 5.56 Å². The van der Waals surface area contributed by atoms with Crippen molar-refractivity contribution in [2.45, 2.75) is 12.8 Å². The molecule has 158 valence electrons. The molecule has 2 aromatic heterocycles. The molecule has 0 unspecified atom stereocenters. The molecular weight excluding hydrogens is 418 g/mol. The maximum absolute atomic E-state index is 13.2. The molecule has 0 spiro atoms. The van der Waals surface area contributed by atoms with Gasteiger partial charge in [0.05, 0.1) is 61.4 Å². The number of carbonyl (C=O) groups excluding carboxylic acids is 1. The minimum atomic E-state index is -1.35. The van der Waals surface area contributed by atoms with Gasteiger partial charge in [0.15, 0.2) is 5.92 Å². The number of nitrogens with one attached hydrogen (secondary N) is 2. The van der Waals surface area contributed by atoms with Gasteiger partial charge in [-0.15, -0.1) is 0 Å². The highest BCUT2D eigenvalue weighted by atomic mass is 35.5. The molecule has 2 N–H and O–H groups in total. The topological polar surface area (TPSA) is 120 Å².